The number of anilines is 1. The summed E-state index contributed by atoms with van der Waals surface area (Å²) < 4.78 is 29.8. The molecule has 0 saturated heterocycles. The second-order valence-electron chi connectivity index (χ2n) is 4.33. The molecule has 21 heavy (non-hydrogen) atoms. The van der Waals surface area contributed by atoms with Gasteiger partial charge in [0.1, 0.15) is 5.75 Å². The molecule has 2 aromatic carbocycles. The van der Waals surface area contributed by atoms with Crippen molar-refractivity contribution in [2.45, 2.75) is 0 Å². The molecule has 0 aliphatic carbocycles. The van der Waals surface area contributed by atoms with E-state index < -0.39 is 10.0 Å². The molecule has 0 aromatic heterocycles. The molecule has 0 amide bonds. The molecule has 0 atom stereocenters. The van der Waals surface area contributed by atoms with E-state index in [0.717, 1.165) is 16.3 Å². The van der Waals surface area contributed by atoms with E-state index in [0.29, 0.717) is 11.3 Å². The van der Waals surface area contributed by atoms with Gasteiger partial charge in [-0.05, 0) is 42.3 Å². The zero-order valence-corrected chi connectivity index (χ0v) is 12.6. The van der Waals surface area contributed by atoms with Gasteiger partial charge in [-0.1, -0.05) is 18.2 Å². The fraction of sp³-hybridized carbons (Fsp3) is 0.125. The Morgan fingerprint density at radius 3 is 2.14 bits per heavy atom. The second kappa shape index (κ2) is 6.33. The van der Waals surface area contributed by atoms with Crippen LogP contribution in [0, 0.1) is 12.0 Å². The van der Waals surface area contributed by atoms with Gasteiger partial charge in [-0.3, -0.25) is 0 Å². The lowest BCUT2D eigenvalue weighted by molar-refractivity contribution is 0.415. The van der Waals surface area contributed by atoms with E-state index in [1.165, 1.54) is 0 Å². The topological polar surface area (TPSA) is 46.6 Å². The third-order valence-electron chi connectivity index (χ3n) is 2.71. The maximum absolute atomic E-state index is 11.9. The van der Waals surface area contributed by atoms with Gasteiger partial charge < -0.3 is 4.74 Å². The molecule has 0 aliphatic rings. The van der Waals surface area contributed by atoms with Crippen molar-refractivity contribution in [3.8, 4) is 17.7 Å². The normalized spacial score (nSPS) is 10.4. The van der Waals surface area contributed by atoms with Crippen molar-refractivity contribution in [3.05, 3.63) is 60.2 Å². The molecule has 0 N–H and O–H groups in total. The van der Waals surface area contributed by atoms with E-state index in [4.69, 9.17) is 4.74 Å². The van der Waals surface area contributed by atoms with Crippen LogP contribution in [0.4, 0.5) is 5.69 Å². The largest absolute Gasteiger partial charge is 0.497 e. The lowest BCUT2D eigenvalue weighted by atomic mass is 10.2. The molecule has 0 aliphatic heterocycles. The minimum atomic E-state index is -3.47. The summed E-state index contributed by atoms with van der Waals surface area (Å²) in [6, 6.07) is 18.5. The third kappa shape index (κ3) is 4.01. The van der Waals surface area contributed by atoms with Crippen LogP contribution in [-0.4, -0.2) is 21.8 Å². The lowest BCUT2D eigenvalue weighted by Crippen LogP contribution is -2.24. The lowest BCUT2D eigenvalue weighted by Gasteiger charge is -2.14. The monoisotopic (exact) mass is 301 g/mol. The third-order valence-corrected chi connectivity index (χ3v) is 3.68. The van der Waals surface area contributed by atoms with E-state index in [-0.39, 0.29) is 0 Å². The number of nitrogens with zero attached hydrogens (tertiary/aromatic N) is 1. The summed E-state index contributed by atoms with van der Waals surface area (Å²) in [6.07, 6.45) is 1.13. The van der Waals surface area contributed by atoms with Crippen LogP contribution in [0.2, 0.25) is 0 Å². The minimum absolute atomic E-state index is 0.515. The number of benzene rings is 2. The molecule has 108 valence electrons. The van der Waals surface area contributed by atoms with E-state index in [1.807, 2.05) is 6.07 Å². The van der Waals surface area contributed by atoms with E-state index in [2.05, 4.69) is 12.0 Å². The molecular formula is C16H15NO3S. The molecule has 4 nitrogen and oxygen atoms in total. The second-order valence-corrected chi connectivity index (χ2v) is 6.16. The zero-order chi connectivity index (χ0) is 15.3. The maximum atomic E-state index is 11.9. The van der Waals surface area contributed by atoms with Crippen molar-refractivity contribution < 1.29 is 13.2 Å². The molecule has 2 rings (SSSR count). The average molecular weight is 301 g/mol. The van der Waals surface area contributed by atoms with Gasteiger partial charge in [-0.2, -0.15) is 4.31 Å². The van der Waals surface area contributed by atoms with Crippen LogP contribution < -0.4 is 9.04 Å². The molecule has 0 saturated carbocycles. The van der Waals surface area contributed by atoms with Gasteiger partial charge in [0.2, 0.25) is 10.0 Å². The fourth-order valence-corrected chi connectivity index (χ4v) is 2.41. The van der Waals surface area contributed by atoms with Crippen LogP contribution in [0.3, 0.4) is 0 Å². The SMILES string of the molecule is COc1ccc(C#CN(c2ccccc2)S(C)(=O)=O)cc1. The predicted octanol–water partition coefficient (Wildman–Crippen LogP) is 2.47. The summed E-state index contributed by atoms with van der Waals surface area (Å²) in [5.74, 6) is 3.57. The number of ether oxygens (including phenoxy) is 1. The Kier molecular flexibility index (Phi) is 4.51. The fourth-order valence-electron chi connectivity index (χ4n) is 1.69. The number of sulfonamides is 1. The Bertz CT molecular complexity index is 757. The number of para-hydroxylation sites is 1. The highest BCUT2D eigenvalue weighted by atomic mass is 32.2. The van der Waals surface area contributed by atoms with E-state index >= 15 is 0 Å². The summed E-state index contributed by atoms with van der Waals surface area (Å²) >= 11 is 0. The van der Waals surface area contributed by atoms with Crippen molar-refractivity contribution in [2.75, 3.05) is 17.7 Å². The molecule has 2 aromatic rings. The standard InChI is InChI=1S/C16H15NO3S/c1-20-16-10-8-14(9-11-16)12-13-17(21(2,18)19)15-6-4-3-5-7-15/h3-11H,1-2H3. The summed E-state index contributed by atoms with van der Waals surface area (Å²) in [4.78, 5) is 0. The summed E-state index contributed by atoms with van der Waals surface area (Å²) in [5, 5.41) is 0. The first kappa shape index (κ1) is 14.9. The predicted molar refractivity (Wildman–Crippen MR) is 83.6 cm³/mol. The molecule has 0 spiro atoms. The van der Waals surface area contributed by atoms with Gasteiger partial charge in [-0.25, -0.2) is 8.42 Å². The van der Waals surface area contributed by atoms with Gasteiger partial charge in [0, 0.05) is 11.6 Å². The highest BCUT2D eigenvalue weighted by molar-refractivity contribution is 7.92. The number of rotatable bonds is 3. The van der Waals surface area contributed by atoms with Gasteiger partial charge >= 0.3 is 0 Å². The number of methoxy groups -OCH3 is 1. The zero-order valence-electron chi connectivity index (χ0n) is 11.8. The minimum Gasteiger partial charge on any atom is -0.497 e. The van der Waals surface area contributed by atoms with Crippen LogP contribution in [0.5, 0.6) is 5.75 Å². The van der Waals surface area contributed by atoms with Crippen molar-refractivity contribution in [2.24, 2.45) is 0 Å². The van der Waals surface area contributed by atoms with Crippen molar-refractivity contribution in [1.29, 1.82) is 0 Å². The Balaban J connectivity index is 2.35. The highest BCUT2D eigenvalue weighted by Crippen LogP contribution is 2.16. The average Bonchev–Trinajstić information content (AvgIpc) is 2.48. The molecule has 0 radical (unpaired) electrons. The van der Waals surface area contributed by atoms with Gasteiger partial charge in [0.25, 0.3) is 0 Å². The van der Waals surface area contributed by atoms with Crippen LogP contribution in [-0.2, 0) is 10.0 Å². The molecule has 0 fully saturated rings. The molecular weight excluding hydrogens is 286 g/mol. The quantitative estimate of drug-likeness (QED) is 0.646. The summed E-state index contributed by atoms with van der Waals surface area (Å²) in [7, 11) is -1.88. The first-order valence-corrected chi connectivity index (χ1v) is 8.06. The van der Waals surface area contributed by atoms with E-state index in [1.54, 1.807) is 55.6 Å². The first-order valence-electron chi connectivity index (χ1n) is 6.22. The number of hydrogen-bond acceptors (Lipinski definition) is 3. The van der Waals surface area contributed by atoms with Crippen molar-refractivity contribution in [1.82, 2.24) is 0 Å². The van der Waals surface area contributed by atoms with Crippen LogP contribution in [0.15, 0.2) is 54.6 Å². The van der Waals surface area contributed by atoms with E-state index in [9.17, 15) is 8.42 Å². The van der Waals surface area contributed by atoms with Gasteiger partial charge in [0.15, 0.2) is 0 Å². The van der Waals surface area contributed by atoms with Crippen molar-refractivity contribution in [3.63, 3.8) is 0 Å². The molecule has 0 heterocycles. The molecule has 0 bridgehead atoms. The summed E-state index contributed by atoms with van der Waals surface area (Å²) in [6.45, 7) is 0. The van der Waals surface area contributed by atoms with Crippen molar-refractivity contribution >= 4 is 15.7 Å². The smallest absolute Gasteiger partial charge is 0.243 e. The number of hydrogen-bond donors (Lipinski definition) is 0. The summed E-state index contributed by atoms with van der Waals surface area (Å²) in [5.41, 5.74) is 1.22. The Morgan fingerprint density at radius 1 is 1.00 bits per heavy atom. The van der Waals surface area contributed by atoms with Crippen LogP contribution in [0.1, 0.15) is 5.56 Å². The molecule has 0 unspecified atom stereocenters. The Morgan fingerprint density at radius 2 is 1.62 bits per heavy atom. The van der Waals surface area contributed by atoms with Crippen LogP contribution >= 0.6 is 0 Å². The Labute approximate surface area is 125 Å². The van der Waals surface area contributed by atoms with Gasteiger partial charge in [-0.15, -0.1) is 0 Å². The van der Waals surface area contributed by atoms with Crippen LogP contribution in [0.25, 0.3) is 0 Å². The maximum Gasteiger partial charge on any atom is 0.243 e. The molecule has 5 heteroatoms. The first-order chi connectivity index (χ1) is 10.0. The Hall–Kier alpha value is -2.45. The highest BCUT2D eigenvalue weighted by Gasteiger charge is 2.14. The van der Waals surface area contributed by atoms with Gasteiger partial charge in [0.05, 0.1) is 19.1 Å².